The van der Waals surface area contributed by atoms with E-state index in [1.807, 2.05) is 11.6 Å². The molecule has 0 saturated carbocycles. The zero-order chi connectivity index (χ0) is 13.4. The monoisotopic (exact) mass is 253 g/mol. The van der Waals surface area contributed by atoms with Crippen LogP contribution in [0, 0.1) is 5.92 Å². The van der Waals surface area contributed by atoms with Crippen molar-refractivity contribution in [1.29, 1.82) is 0 Å². The third-order valence-corrected chi connectivity index (χ3v) is 2.54. The van der Waals surface area contributed by atoms with Crippen LogP contribution in [0.3, 0.4) is 0 Å². The Bertz CT molecular complexity index is 361. The lowest BCUT2D eigenvalue weighted by Crippen LogP contribution is -2.14. The van der Waals surface area contributed by atoms with Crippen LogP contribution in [0.5, 0.6) is 0 Å². The average Bonchev–Trinajstić information content (AvgIpc) is 2.71. The highest BCUT2D eigenvalue weighted by Gasteiger charge is 2.10. The molecule has 1 aromatic rings. The van der Waals surface area contributed by atoms with E-state index in [-0.39, 0.29) is 5.78 Å². The summed E-state index contributed by atoms with van der Waals surface area (Å²) in [6.45, 7) is 8.36. The zero-order valence-electron chi connectivity index (χ0n) is 11.6. The number of hydrogen-bond acceptors (Lipinski definition) is 4. The van der Waals surface area contributed by atoms with Crippen LogP contribution in [0.15, 0.2) is 6.33 Å². The van der Waals surface area contributed by atoms with Gasteiger partial charge in [0.05, 0.1) is 6.42 Å². The molecule has 0 unspecified atom stereocenters. The average molecular weight is 253 g/mol. The maximum absolute atomic E-state index is 11.8. The number of ketones is 1. The lowest BCUT2D eigenvalue weighted by atomic mass is 10.1. The summed E-state index contributed by atoms with van der Waals surface area (Å²) >= 11 is 0. The van der Waals surface area contributed by atoms with Gasteiger partial charge >= 0.3 is 0 Å². The molecule has 0 aliphatic rings. The zero-order valence-corrected chi connectivity index (χ0v) is 11.6. The summed E-state index contributed by atoms with van der Waals surface area (Å²) in [5, 5.41) is 4.15. The molecule has 102 valence electrons. The molecule has 1 aromatic heterocycles. The summed E-state index contributed by atoms with van der Waals surface area (Å²) in [4.78, 5) is 15.9. The molecular formula is C13H23N3O2. The van der Waals surface area contributed by atoms with Crippen LogP contribution in [0.25, 0.3) is 0 Å². The van der Waals surface area contributed by atoms with Crippen molar-refractivity contribution in [2.24, 2.45) is 5.92 Å². The minimum Gasteiger partial charge on any atom is -0.382 e. The lowest BCUT2D eigenvalue weighted by molar-refractivity contribution is -0.118. The Labute approximate surface area is 109 Å². The van der Waals surface area contributed by atoms with E-state index in [9.17, 15) is 4.79 Å². The van der Waals surface area contributed by atoms with Crippen molar-refractivity contribution < 1.29 is 9.53 Å². The molecule has 0 atom stereocenters. The van der Waals surface area contributed by atoms with Gasteiger partial charge in [-0.25, -0.2) is 9.67 Å². The second-order valence-electron chi connectivity index (χ2n) is 4.77. The van der Waals surface area contributed by atoms with E-state index >= 15 is 0 Å². The van der Waals surface area contributed by atoms with Crippen LogP contribution in [0.1, 0.15) is 39.4 Å². The first-order valence-corrected chi connectivity index (χ1v) is 6.59. The van der Waals surface area contributed by atoms with Crippen LogP contribution < -0.4 is 0 Å². The van der Waals surface area contributed by atoms with Crippen LogP contribution in [-0.4, -0.2) is 33.8 Å². The SMILES string of the molecule is CCOCCCC(=O)Cc1ncnn1CC(C)C. The van der Waals surface area contributed by atoms with E-state index in [1.165, 1.54) is 6.33 Å². The normalized spacial score (nSPS) is 11.1. The van der Waals surface area contributed by atoms with Gasteiger partial charge in [0.2, 0.25) is 0 Å². The smallest absolute Gasteiger partial charge is 0.140 e. The van der Waals surface area contributed by atoms with Crippen molar-refractivity contribution in [3.05, 3.63) is 12.2 Å². The van der Waals surface area contributed by atoms with Gasteiger partial charge in [-0.15, -0.1) is 0 Å². The molecule has 0 spiro atoms. The minimum absolute atomic E-state index is 0.202. The Kier molecular flexibility index (Phi) is 6.57. The van der Waals surface area contributed by atoms with Crippen molar-refractivity contribution in [2.75, 3.05) is 13.2 Å². The first-order valence-electron chi connectivity index (χ1n) is 6.59. The Balaban J connectivity index is 2.37. The van der Waals surface area contributed by atoms with Gasteiger partial charge in [0.15, 0.2) is 0 Å². The van der Waals surface area contributed by atoms with Gasteiger partial charge in [0.25, 0.3) is 0 Å². The molecule has 5 heteroatoms. The number of carbonyl (C=O) groups excluding carboxylic acids is 1. The van der Waals surface area contributed by atoms with Crippen molar-refractivity contribution in [2.45, 2.75) is 46.6 Å². The maximum atomic E-state index is 11.8. The van der Waals surface area contributed by atoms with E-state index in [1.54, 1.807) is 0 Å². The van der Waals surface area contributed by atoms with E-state index in [4.69, 9.17) is 4.74 Å². The Morgan fingerprint density at radius 1 is 1.50 bits per heavy atom. The molecule has 0 amide bonds. The molecule has 5 nitrogen and oxygen atoms in total. The summed E-state index contributed by atoms with van der Waals surface area (Å²) in [6, 6.07) is 0. The van der Waals surface area contributed by atoms with Gasteiger partial charge in [0.1, 0.15) is 17.9 Å². The number of carbonyl (C=O) groups is 1. The molecule has 0 aromatic carbocycles. The highest BCUT2D eigenvalue weighted by Crippen LogP contribution is 2.04. The van der Waals surface area contributed by atoms with Crippen molar-refractivity contribution in [1.82, 2.24) is 14.8 Å². The fraction of sp³-hybridized carbons (Fsp3) is 0.769. The van der Waals surface area contributed by atoms with Crippen LogP contribution in [0.4, 0.5) is 0 Å². The van der Waals surface area contributed by atoms with Crippen LogP contribution in [0.2, 0.25) is 0 Å². The second-order valence-corrected chi connectivity index (χ2v) is 4.77. The minimum atomic E-state index is 0.202. The van der Waals surface area contributed by atoms with Gasteiger partial charge in [-0.05, 0) is 19.3 Å². The summed E-state index contributed by atoms with van der Waals surface area (Å²) < 4.78 is 7.03. The van der Waals surface area contributed by atoms with Crippen molar-refractivity contribution in [3.8, 4) is 0 Å². The van der Waals surface area contributed by atoms with E-state index in [2.05, 4.69) is 23.9 Å². The third kappa shape index (κ3) is 5.40. The highest BCUT2D eigenvalue weighted by atomic mass is 16.5. The Morgan fingerprint density at radius 3 is 2.94 bits per heavy atom. The summed E-state index contributed by atoms with van der Waals surface area (Å²) in [6.07, 6.45) is 3.23. The van der Waals surface area contributed by atoms with Gasteiger partial charge in [-0.1, -0.05) is 13.8 Å². The molecular weight excluding hydrogens is 230 g/mol. The third-order valence-electron chi connectivity index (χ3n) is 2.54. The summed E-state index contributed by atoms with van der Waals surface area (Å²) in [7, 11) is 0. The molecule has 1 rings (SSSR count). The molecule has 0 aliphatic heterocycles. The van der Waals surface area contributed by atoms with Gasteiger partial charge in [0, 0.05) is 26.2 Å². The van der Waals surface area contributed by atoms with Crippen LogP contribution >= 0.6 is 0 Å². The largest absolute Gasteiger partial charge is 0.382 e. The number of nitrogens with zero attached hydrogens (tertiary/aromatic N) is 3. The number of hydrogen-bond donors (Lipinski definition) is 0. The number of ether oxygens (including phenoxy) is 1. The topological polar surface area (TPSA) is 57.0 Å². The molecule has 0 saturated heterocycles. The van der Waals surface area contributed by atoms with E-state index in [0.717, 1.165) is 18.8 Å². The predicted octanol–water partition coefficient (Wildman–Crippen LogP) is 1.86. The van der Waals surface area contributed by atoms with Crippen molar-refractivity contribution in [3.63, 3.8) is 0 Å². The predicted molar refractivity (Wildman–Crippen MR) is 69.3 cm³/mol. The Morgan fingerprint density at radius 2 is 2.28 bits per heavy atom. The van der Waals surface area contributed by atoms with Gasteiger partial charge in [-0.3, -0.25) is 4.79 Å². The highest BCUT2D eigenvalue weighted by molar-refractivity contribution is 5.80. The summed E-state index contributed by atoms with van der Waals surface area (Å²) in [5.74, 6) is 1.47. The van der Waals surface area contributed by atoms with Crippen molar-refractivity contribution >= 4 is 5.78 Å². The molecule has 1 heterocycles. The standard InChI is InChI=1S/C13H23N3O2/c1-4-18-7-5-6-12(17)8-13-14-10-15-16(13)9-11(2)3/h10-11H,4-9H2,1-3H3. The maximum Gasteiger partial charge on any atom is 0.140 e. The molecule has 0 N–H and O–H groups in total. The van der Waals surface area contributed by atoms with Gasteiger partial charge < -0.3 is 4.74 Å². The number of Topliss-reactive ketones (excluding diaryl/α,β-unsaturated/α-hetero) is 1. The molecule has 0 bridgehead atoms. The molecule has 0 radical (unpaired) electrons. The summed E-state index contributed by atoms with van der Waals surface area (Å²) in [5.41, 5.74) is 0. The molecule has 0 fully saturated rings. The van der Waals surface area contributed by atoms with Gasteiger partial charge in [-0.2, -0.15) is 5.10 Å². The first kappa shape index (κ1) is 14.8. The fourth-order valence-electron chi connectivity index (χ4n) is 1.70. The fourth-order valence-corrected chi connectivity index (χ4v) is 1.70. The number of aromatic nitrogens is 3. The molecule has 0 aliphatic carbocycles. The molecule has 18 heavy (non-hydrogen) atoms. The van der Waals surface area contributed by atoms with E-state index in [0.29, 0.717) is 32.0 Å². The second kappa shape index (κ2) is 7.97. The lowest BCUT2D eigenvalue weighted by Gasteiger charge is -2.08. The Hall–Kier alpha value is -1.23. The first-order chi connectivity index (χ1) is 8.63. The quantitative estimate of drug-likeness (QED) is 0.630. The number of rotatable bonds is 9. The van der Waals surface area contributed by atoms with E-state index < -0.39 is 0 Å². The van der Waals surface area contributed by atoms with Crippen LogP contribution in [-0.2, 0) is 22.5 Å².